The van der Waals surface area contributed by atoms with Gasteiger partial charge in [-0.1, -0.05) is 0 Å². The van der Waals surface area contributed by atoms with E-state index in [1.165, 1.54) is 0 Å². The molecule has 0 aliphatic heterocycles. The van der Waals surface area contributed by atoms with Crippen molar-refractivity contribution in [1.29, 1.82) is 0 Å². The van der Waals surface area contributed by atoms with Crippen LogP contribution in [0.4, 0.5) is 8.78 Å². The molecule has 1 amide bonds. The van der Waals surface area contributed by atoms with Gasteiger partial charge in [-0.15, -0.1) is 0 Å². The van der Waals surface area contributed by atoms with E-state index in [9.17, 15) is 13.6 Å². The molecular formula is C9H15F2NO2. The first kappa shape index (κ1) is 11.4. The minimum Gasteiger partial charge on any atom is -0.396 e. The van der Waals surface area contributed by atoms with Crippen molar-refractivity contribution >= 4 is 5.91 Å². The third kappa shape index (κ3) is 2.20. The lowest BCUT2D eigenvalue weighted by molar-refractivity contribution is -0.137. The lowest BCUT2D eigenvalue weighted by atomic mass is 9.70. The van der Waals surface area contributed by atoms with Crippen LogP contribution in [0.3, 0.4) is 0 Å². The normalized spacial score (nSPS) is 24.5. The minimum absolute atomic E-state index is 0.0793. The third-order valence-corrected chi connectivity index (χ3v) is 3.05. The second-order valence-electron chi connectivity index (χ2n) is 3.97. The van der Waals surface area contributed by atoms with Crippen LogP contribution in [0.2, 0.25) is 0 Å². The topological polar surface area (TPSA) is 63.3 Å². The number of carbonyl (C=O) groups excluding carboxylic acids is 1. The second-order valence-corrected chi connectivity index (χ2v) is 3.97. The summed E-state index contributed by atoms with van der Waals surface area (Å²) in [6.45, 7) is -0.186. The van der Waals surface area contributed by atoms with Crippen molar-refractivity contribution in [1.82, 2.24) is 0 Å². The zero-order chi connectivity index (χ0) is 10.8. The molecule has 5 heteroatoms. The Morgan fingerprint density at radius 2 is 1.79 bits per heavy atom. The van der Waals surface area contributed by atoms with Gasteiger partial charge in [0.05, 0.1) is 5.41 Å². The van der Waals surface area contributed by atoms with Gasteiger partial charge in [-0.3, -0.25) is 4.79 Å². The van der Waals surface area contributed by atoms with Gasteiger partial charge in [-0.05, 0) is 19.3 Å². The van der Waals surface area contributed by atoms with E-state index in [-0.39, 0.29) is 38.7 Å². The van der Waals surface area contributed by atoms with E-state index in [4.69, 9.17) is 10.8 Å². The number of amides is 1. The van der Waals surface area contributed by atoms with E-state index < -0.39 is 17.2 Å². The van der Waals surface area contributed by atoms with Crippen LogP contribution in [0.15, 0.2) is 0 Å². The quantitative estimate of drug-likeness (QED) is 0.726. The Bertz CT molecular complexity index is 221. The maximum Gasteiger partial charge on any atom is 0.248 e. The number of hydrogen-bond donors (Lipinski definition) is 2. The Kier molecular flexibility index (Phi) is 3.09. The SMILES string of the molecule is NC(=O)C1(CCO)CCC(F)(F)CC1. The number of aliphatic hydroxyl groups is 1. The predicted octanol–water partition coefficient (Wildman–Crippen LogP) is 1.05. The van der Waals surface area contributed by atoms with Gasteiger partial charge >= 0.3 is 0 Å². The molecule has 0 aromatic heterocycles. The smallest absolute Gasteiger partial charge is 0.248 e. The van der Waals surface area contributed by atoms with Crippen molar-refractivity contribution in [3.05, 3.63) is 0 Å². The molecule has 0 aromatic carbocycles. The van der Waals surface area contributed by atoms with E-state index in [0.717, 1.165) is 0 Å². The van der Waals surface area contributed by atoms with Crippen molar-refractivity contribution in [2.75, 3.05) is 6.61 Å². The summed E-state index contributed by atoms with van der Waals surface area (Å²) in [5.74, 6) is -3.24. The van der Waals surface area contributed by atoms with E-state index in [1.54, 1.807) is 0 Å². The molecule has 1 rings (SSSR count). The van der Waals surface area contributed by atoms with Crippen LogP contribution in [0.1, 0.15) is 32.1 Å². The minimum atomic E-state index is -2.67. The van der Waals surface area contributed by atoms with Crippen molar-refractivity contribution in [2.45, 2.75) is 38.0 Å². The number of carbonyl (C=O) groups is 1. The zero-order valence-electron chi connectivity index (χ0n) is 7.93. The van der Waals surface area contributed by atoms with Crippen LogP contribution in [0, 0.1) is 5.41 Å². The summed E-state index contributed by atoms with van der Waals surface area (Å²) in [6, 6.07) is 0. The Labute approximate surface area is 81.3 Å². The molecule has 82 valence electrons. The van der Waals surface area contributed by atoms with E-state index in [2.05, 4.69) is 0 Å². The molecule has 1 saturated carbocycles. The third-order valence-electron chi connectivity index (χ3n) is 3.05. The molecular weight excluding hydrogens is 192 g/mol. The summed E-state index contributed by atoms with van der Waals surface area (Å²) in [5, 5.41) is 8.77. The van der Waals surface area contributed by atoms with Crippen LogP contribution >= 0.6 is 0 Å². The van der Waals surface area contributed by atoms with Gasteiger partial charge in [0, 0.05) is 19.4 Å². The summed E-state index contributed by atoms with van der Waals surface area (Å²) in [6.07, 6.45) is -0.268. The van der Waals surface area contributed by atoms with Crippen LogP contribution in [0.25, 0.3) is 0 Å². The first-order valence-electron chi connectivity index (χ1n) is 4.70. The van der Waals surface area contributed by atoms with Gasteiger partial charge in [0.1, 0.15) is 0 Å². The first-order chi connectivity index (χ1) is 6.42. The molecule has 0 unspecified atom stereocenters. The Hall–Kier alpha value is -0.710. The van der Waals surface area contributed by atoms with Crippen molar-refractivity contribution in [3.8, 4) is 0 Å². The Morgan fingerprint density at radius 3 is 2.14 bits per heavy atom. The molecule has 0 radical (unpaired) electrons. The molecule has 3 nitrogen and oxygen atoms in total. The zero-order valence-corrected chi connectivity index (χ0v) is 7.93. The number of primary amides is 1. The molecule has 1 fully saturated rings. The molecule has 0 bridgehead atoms. The van der Waals surface area contributed by atoms with Gasteiger partial charge in [0.15, 0.2) is 0 Å². The van der Waals surface area contributed by atoms with E-state index >= 15 is 0 Å². The number of nitrogens with two attached hydrogens (primary N) is 1. The fourth-order valence-corrected chi connectivity index (χ4v) is 1.93. The summed E-state index contributed by atoms with van der Waals surface area (Å²) < 4.78 is 25.7. The highest BCUT2D eigenvalue weighted by Gasteiger charge is 2.46. The van der Waals surface area contributed by atoms with Crippen LogP contribution in [0.5, 0.6) is 0 Å². The van der Waals surface area contributed by atoms with Gasteiger partial charge in [-0.2, -0.15) is 0 Å². The molecule has 0 spiro atoms. The first-order valence-corrected chi connectivity index (χ1v) is 4.70. The number of aliphatic hydroxyl groups excluding tert-OH is 1. The fraction of sp³-hybridized carbons (Fsp3) is 0.889. The second kappa shape index (κ2) is 3.81. The molecule has 0 saturated heterocycles. The van der Waals surface area contributed by atoms with E-state index in [1.807, 2.05) is 0 Å². The van der Waals surface area contributed by atoms with Crippen molar-refractivity contribution < 1.29 is 18.7 Å². The van der Waals surface area contributed by atoms with Crippen molar-refractivity contribution in [2.24, 2.45) is 11.1 Å². The molecule has 1 aliphatic carbocycles. The lowest BCUT2D eigenvalue weighted by Gasteiger charge is -2.37. The largest absolute Gasteiger partial charge is 0.396 e. The molecule has 0 atom stereocenters. The maximum absolute atomic E-state index is 12.8. The van der Waals surface area contributed by atoms with Gasteiger partial charge in [0.2, 0.25) is 11.8 Å². The average molecular weight is 207 g/mol. The maximum atomic E-state index is 12.8. The highest BCUT2D eigenvalue weighted by atomic mass is 19.3. The number of hydrogen-bond acceptors (Lipinski definition) is 2. The van der Waals surface area contributed by atoms with E-state index in [0.29, 0.717) is 0 Å². The lowest BCUT2D eigenvalue weighted by Crippen LogP contribution is -2.43. The molecule has 0 aromatic rings. The standard InChI is InChI=1S/C9H15F2NO2/c10-9(11)3-1-8(2-4-9,5-6-13)7(12)14/h13H,1-6H2,(H2,12,14). The summed E-state index contributed by atoms with van der Waals surface area (Å²) in [4.78, 5) is 11.1. The average Bonchev–Trinajstić information content (AvgIpc) is 2.09. The van der Waals surface area contributed by atoms with Gasteiger partial charge < -0.3 is 10.8 Å². The van der Waals surface area contributed by atoms with Crippen LogP contribution < -0.4 is 5.73 Å². The van der Waals surface area contributed by atoms with Crippen molar-refractivity contribution in [3.63, 3.8) is 0 Å². The highest BCUT2D eigenvalue weighted by molar-refractivity contribution is 5.80. The highest BCUT2D eigenvalue weighted by Crippen LogP contribution is 2.45. The summed E-state index contributed by atoms with van der Waals surface area (Å²) >= 11 is 0. The fourth-order valence-electron chi connectivity index (χ4n) is 1.93. The van der Waals surface area contributed by atoms with Gasteiger partial charge in [0.25, 0.3) is 0 Å². The number of rotatable bonds is 3. The molecule has 0 heterocycles. The Morgan fingerprint density at radius 1 is 1.29 bits per heavy atom. The number of alkyl halides is 2. The Balaban J connectivity index is 2.69. The molecule has 3 N–H and O–H groups in total. The summed E-state index contributed by atoms with van der Waals surface area (Å²) in [5.41, 5.74) is 4.28. The summed E-state index contributed by atoms with van der Waals surface area (Å²) in [7, 11) is 0. The molecule has 1 aliphatic rings. The molecule has 14 heavy (non-hydrogen) atoms. The number of halogens is 2. The van der Waals surface area contributed by atoms with Gasteiger partial charge in [-0.25, -0.2) is 8.78 Å². The predicted molar refractivity (Wildman–Crippen MR) is 46.7 cm³/mol. The van der Waals surface area contributed by atoms with Crippen LogP contribution in [-0.2, 0) is 4.79 Å². The monoisotopic (exact) mass is 207 g/mol. The van der Waals surface area contributed by atoms with Crippen LogP contribution in [-0.4, -0.2) is 23.5 Å².